The van der Waals surface area contributed by atoms with Crippen molar-refractivity contribution in [3.05, 3.63) is 78.1 Å². The molecule has 1 amide bonds. The van der Waals surface area contributed by atoms with Gasteiger partial charge < -0.3 is 15.5 Å². The van der Waals surface area contributed by atoms with Crippen molar-refractivity contribution >= 4 is 5.91 Å². The van der Waals surface area contributed by atoms with E-state index >= 15 is 0 Å². The third kappa shape index (κ3) is 3.70. The second-order valence-corrected chi connectivity index (χ2v) is 5.97. The van der Waals surface area contributed by atoms with Crippen molar-refractivity contribution in [1.29, 1.82) is 0 Å². The second kappa shape index (κ2) is 6.78. The molecule has 0 saturated carbocycles. The number of para-hydroxylation sites is 1. The molecule has 3 rings (SSSR count). The fourth-order valence-electron chi connectivity index (χ4n) is 2.47. The summed E-state index contributed by atoms with van der Waals surface area (Å²) in [6, 6.07) is 18.2. The predicted octanol–water partition coefficient (Wildman–Crippen LogP) is 2.22. The van der Waals surface area contributed by atoms with Gasteiger partial charge in [-0.2, -0.15) is 5.10 Å². The first-order valence-corrected chi connectivity index (χ1v) is 7.87. The number of aromatic hydroxyl groups is 1. The van der Waals surface area contributed by atoms with E-state index in [1.807, 2.05) is 48.5 Å². The zero-order chi connectivity index (χ0) is 17.9. The van der Waals surface area contributed by atoms with Gasteiger partial charge in [0.15, 0.2) is 11.4 Å². The smallest absolute Gasteiger partial charge is 0.275 e. The summed E-state index contributed by atoms with van der Waals surface area (Å²) in [5.74, 6) is -0.774. The maximum absolute atomic E-state index is 12.3. The Balaban J connectivity index is 1.73. The first-order valence-electron chi connectivity index (χ1n) is 7.87. The van der Waals surface area contributed by atoms with E-state index in [9.17, 15) is 15.0 Å². The van der Waals surface area contributed by atoms with Crippen molar-refractivity contribution < 1.29 is 15.0 Å². The number of nitrogens with zero attached hydrogens (tertiary/aromatic N) is 2. The van der Waals surface area contributed by atoms with Crippen LogP contribution in [0, 0.1) is 0 Å². The lowest BCUT2D eigenvalue weighted by atomic mass is 9.96. The number of nitrogens with one attached hydrogen (secondary N) is 1. The Morgan fingerprint density at radius 3 is 2.36 bits per heavy atom. The van der Waals surface area contributed by atoms with Crippen molar-refractivity contribution in [2.75, 3.05) is 6.54 Å². The van der Waals surface area contributed by atoms with Crippen LogP contribution in [-0.2, 0) is 5.60 Å². The van der Waals surface area contributed by atoms with Crippen LogP contribution in [0.2, 0.25) is 0 Å². The standard InChI is InChI=1S/C19H19N3O3/c1-19(25,14-8-4-2-5-9-14)13-20-18(24)17-16(23)12-22(21-17)15-10-6-3-7-11-15/h2-12,23,25H,13H2,1H3,(H,20,24). The van der Waals surface area contributed by atoms with E-state index < -0.39 is 11.5 Å². The van der Waals surface area contributed by atoms with Gasteiger partial charge in [0, 0.05) is 0 Å². The molecule has 0 bridgehead atoms. The van der Waals surface area contributed by atoms with Gasteiger partial charge in [0.05, 0.1) is 18.4 Å². The SMILES string of the molecule is CC(O)(CNC(=O)c1nn(-c2ccccc2)cc1O)c1ccccc1. The topological polar surface area (TPSA) is 87.4 Å². The molecule has 0 aliphatic heterocycles. The monoisotopic (exact) mass is 337 g/mol. The van der Waals surface area contributed by atoms with Gasteiger partial charge in [0.2, 0.25) is 0 Å². The van der Waals surface area contributed by atoms with E-state index in [1.54, 1.807) is 19.1 Å². The molecule has 2 aromatic carbocycles. The minimum Gasteiger partial charge on any atom is -0.504 e. The van der Waals surface area contributed by atoms with Gasteiger partial charge in [0.1, 0.15) is 5.60 Å². The zero-order valence-electron chi connectivity index (χ0n) is 13.8. The highest BCUT2D eigenvalue weighted by Crippen LogP contribution is 2.21. The van der Waals surface area contributed by atoms with Crippen LogP contribution in [0.3, 0.4) is 0 Å². The first-order chi connectivity index (χ1) is 12.0. The van der Waals surface area contributed by atoms with Crippen LogP contribution in [0.25, 0.3) is 5.69 Å². The van der Waals surface area contributed by atoms with Crippen molar-refractivity contribution in [2.24, 2.45) is 0 Å². The van der Waals surface area contributed by atoms with E-state index in [0.717, 1.165) is 5.69 Å². The maximum atomic E-state index is 12.3. The van der Waals surface area contributed by atoms with Crippen LogP contribution in [0.5, 0.6) is 5.75 Å². The lowest BCUT2D eigenvalue weighted by Crippen LogP contribution is -2.38. The molecule has 3 N–H and O–H groups in total. The Morgan fingerprint density at radius 2 is 1.72 bits per heavy atom. The van der Waals surface area contributed by atoms with Gasteiger partial charge in [0.25, 0.3) is 5.91 Å². The Kier molecular flexibility index (Phi) is 4.54. The highest BCUT2D eigenvalue weighted by molar-refractivity contribution is 5.94. The Morgan fingerprint density at radius 1 is 1.12 bits per heavy atom. The average Bonchev–Trinajstić information content (AvgIpc) is 3.03. The average molecular weight is 337 g/mol. The molecule has 0 fully saturated rings. The molecule has 25 heavy (non-hydrogen) atoms. The lowest BCUT2D eigenvalue weighted by Gasteiger charge is -2.24. The normalized spacial score (nSPS) is 13.2. The number of hydrogen-bond acceptors (Lipinski definition) is 4. The minimum atomic E-state index is -1.23. The van der Waals surface area contributed by atoms with Gasteiger partial charge >= 0.3 is 0 Å². The number of carbonyl (C=O) groups excluding carboxylic acids is 1. The molecule has 0 radical (unpaired) electrons. The summed E-state index contributed by atoms with van der Waals surface area (Å²) in [7, 11) is 0. The van der Waals surface area contributed by atoms with Crippen LogP contribution in [0.15, 0.2) is 66.9 Å². The van der Waals surface area contributed by atoms with Crippen molar-refractivity contribution in [2.45, 2.75) is 12.5 Å². The van der Waals surface area contributed by atoms with Gasteiger partial charge in [-0.05, 0) is 24.6 Å². The molecule has 1 aromatic heterocycles. The number of hydrogen-bond donors (Lipinski definition) is 3. The highest BCUT2D eigenvalue weighted by atomic mass is 16.3. The number of amides is 1. The van der Waals surface area contributed by atoms with E-state index in [-0.39, 0.29) is 18.0 Å². The summed E-state index contributed by atoms with van der Waals surface area (Å²) in [5, 5.41) is 27.3. The first kappa shape index (κ1) is 16.7. The molecule has 3 aromatic rings. The third-order valence-corrected chi connectivity index (χ3v) is 3.92. The fraction of sp³-hybridized carbons (Fsp3) is 0.158. The summed E-state index contributed by atoms with van der Waals surface area (Å²) in [4.78, 5) is 12.3. The Bertz CT molecular complexity index is 858. The molecule has 6 nitrogen and oxygen atoms in total. The second-order valence-electron chi connectivity index (χ2n) is 5.97. The molecule has 128 valence electrons. The van der Waals surface area contributed by atoms with Gasteiger partial charge in [-0.25, -0.2) is 4.68 Å². The number of benzene rings is 2. The van der Waals surface area contributed by atoms with E-state index in [0.29, 0.717) is 5.56 Å². The lowest BCUT2D eigenvalue weighted by molar-refractivity contribution is 0.0524. The van der Waals surface area contributed by atoms with Gasteiger partial charge in [-0.15, -0.1) is 0 Å². The predicted molar refractivity (Wildman–Crippen MR) is 93.6 cm³/mol. The molecule has 1 unspecified atom stereocenters. The van der Waals surface area contributed by atoms with Gasteiger partial charge in [-0.3, -0.25) is 4.79 Å². The molecule has 1 heterocycles. The highest BCUT2D eigenvalue weighted by Gasteiger charge is 2.25. The third-order valence-electron chi connectivity index (χ3n) is 3.92. The van der Waals surface area contributed by atoms with Crippen LogP contribution >= 0.6 is 0 Å². The van der Waals surface area contributed by atoms with E-state index in [2.05, 4.69) is 10.4 Å². The molecular formula is C19H19N3O3. The summed E-state index contributed by atoms with van der Waals surface area (Å²) < 4.78 is 1.43. The minimum absolute atomic E-state index is 0.00646. The fourth-order valence-corrected chi connectivity index (χ4v) is 2.47. The number of carbonyl (C=O) groups is 1. The molecular weight excluding hydrogens is 318 g/mol. The summed E-state index contributed by atoms with van der Waals surface area (Å²) in [5.41, 5.74) is 0.101. The largest absolute Gasteiger partial charge is 0.504 e. The summed E-state index contributed by atoms with van der Waals surface area (Å²) >= 11 is 0. The summed E-state index contributed by atoms with van der Waals surface area (Å²) in [6.45, 7) is 1.61. The molecule has 6 heteroatoms. The van der Waals surface area contributed by atoms with E-state index in [4.69, 9.17) is 0 Å². The number of aromatic nitrogens is 2. The molecule has 0 aliphatic rings. The molecule has 0 aliphatic carbocycles. The number of aliphatic hydroxyl groups is 1. The van der Waals surface area contributed by atoms with Crippen molar-refractivity contribution in [1.82, 2.24) is 15.1 Å². The zero-order valence-corrected chi connectivity index (χ0v) is 13.8. The Labute approximate surface area is 145 Å². The number of rotatable bonds is 5. The quantitative estimate of drug-likeness (QED) is 0.666. The van der Waals surface area contributed by atoms with Crippen LogP contribution < -0.4 is 5.32 Å². The van der Waals surface area contributed by atoms with Crippen molar-refractivity contribution in [3.63, 3.8) is 0 Å². The van der Waals surface area contributed by atoms with Crippen LogP contribution in [0.4, 0.5) is 0 Å². The molecule has 0 saturated heterocycles. The molecule has 1 atom stereocenters. The van der Waals surface area contributed by atoms with Crippen LogP contribution in [-0.4, -0.2) is 32.4 Å². The van der Waals surface area contributed by atoms with Crippen LogP contribution in [0.1, 0.15) is 23.0 Å². The van der Waals surface area contributed by atoms with Crippen molar-refractivity contribution in [3.8, 4) is 11.4 Å². The Hall–Kier alpha value is -3.12. The van der Waals surface area contributed by atoms with Gasteiger partial charge in [-0.1, -0.05) is 48.5 Å². The molecule has 0 spiro atoms. The maximum Gasteiger partial charge on any atom is 0.275 e. The summed E-state index contributed by atoms with van der Waals surface area (Å²) in [6.07, 6.45) is 1.37. The van der Waals surface area contributed by atoms with E-state index in [1.165, 1.54) is 10.9 Å².